The van der Waals surface area contributed by atoms with E-state index in [0.29, 0.717) is 18.8 Å². The van der Waals surface area contributed by atoms with Crippen LogP contribution in [0.2, 0.25) is 0 Å². The van der Waals surface area contributed by atoms with Gasteiger partial charge in [-0.2, -0.15) is 18.3 Å². The average Bonchev–Trinajstić information content (AvgIpc) is 3.08. The van der Waals surface area contributed by atoms with Gasteiger partial charge in [0.1, 0.15) is 12.7 Å². The summed E-state index contributed by atoms with van der Waals surface area (Å²) in [6, 6.07) is 2.98. The molecule has 2 aromatic heterocycles. The molecule has 3 heterocycles. The number of nitrogens with zero attached hydrogens (tertiary/aromatic N) is 5. The molecular formula is C14H14F3N5O. The van der Waals surface area contributed by atoms with E-state index in [1.54, 1.807) is 0 Å². The highest BCUT2D eigenvalue weighted by Gasteiger charge is 2.42. The minimum Gasteiger partial charge on any atom is -0.338 e. The third kappa shape index (κ3) is 3.33. The van der Waals surface area contributed by atoms with Crippen LogP contribution >= 0.6 is 0 Å². The fourth-order valence-electron chi connectivity index (χ4n) is 2.61. The number of rotatable bonds is 2. The molecule has 1 atom stereocenters. The van der Waals surface area contributed by atoms with Crippen LogP contribution in [-0.2, 0) is 0 Å². The fourth-order valence-corrected chi connectivity index (χ4v) is 2.61. The van der Waals surface area contributed by atoms with E-state index in [1.807, 2.05) is 0 Å². The molecule has 0 bridgehead atoms. The minimum atomic E-state index is -4.27. The van der Waals surface area contributed by atoms with Crippen LogP contribution in [0.15, 0.2) is 31.0 Å². The van der Waals surface area contributed by atoms with Crippen LogP contribution in [0.25, 0.3) is 5.82 Å². The normalized spacial score (nSPS) is 18.9. The molecule has 0 radical (unpaired) electrons. The Morgan fingerprint density at radius 2 is 2.17 bits per heavy atom. The second kappa shape index (κ2) is 5.98. The van der Waals surface area contributed by atoms with Crippen molar-refractivity contribution in [1.29, 1.82) is 0 Å². The standard InChI is InChI=1S/C14H14F3N5O/c15-14(16,17)11-2-1-5-21(7-11)13(23)10-3-4-19-12(6-10)22-9-18-8-20-22/h3-4,6,8-9,11H,1-2,5,7H2/t11-/m1/s1. The van der Waals surface area contributed by atoms with Gasteiger partial charge in [-0.3, -0.25) is 4.79 Å². The highest BCUT2D eigenvalue weighted by Crippen LogP contribution is 2.33. The predicted octanol–water partition coefficient (Wildman–Crippen LogP) is 2.08. The molecular weight excluding hydrogens is 311 g/mol. The van der Waals surface area contributed by atoms with Crippen molar-refractivity contribution in [1.82, 2.24) is 24.6 Å². The molecule has 9 heteroatoms. The molecule has 2 aromatic rings. The van der Waals surface area contributed by atoms with E-state index in [4.69, 9.17) is 0 Å². The van der Waals surface area contributed by atoms with Crippen LogP contribution in [0.1, 0.15) is 23.2 Å². The first-order valence-corrected chi connectivity index (χ1v) is 7.12. The summed E-state index contributed by atoms with van der Waals surface area (Å²) in [5.41, 5.74) is 0.285. The number of carbonyl (C=O) groups is 1. The van der Waals surface area contributed by atoms with E-state index < -0.39 is 18.0 Å². The number of halogens is 3. The van der Waals surface area contributed by atoms with Crippen molar-refractivity contribution in [2.75, 3.05) is 13.1 Å². The Morgan fingerprint density at radius 3 is 2.87 bits per heavy atom. The third-order valence-corrected chi connectivity index (χ3v) is 3.82. The molecule has 0 aromatic carbocycles. The van der Waals surface area contributed by atoms with Gasteiger partial charge in [0.25, 0.3) is 5.91 Å². The van der Waals surface area contributed by atoms with E-state index in [2.05, 4.69) is 15.1 Å². The summed E-state index contributed by atoms with van der Waals surface area (Å²) in [6.45, 7) is 0.0235. The predicted molar refractivity (Wildman–Crippen MR) is 73.8 cm³/mol. The van der Waals surface area contributed by atoms with Gasteiger partial charge in [0.05, 0.1) is 5.92 Å². The van der Waals surface area contributed by atoms with Gasteiger partial charge in [-0.25, -0.2) is 14.6 Å². The van der Waals surface area contributed by atoms with Crippen LogP contribution in [0.3, 0.4) is 0 Å². The van der Waals surface area contributed by atoms with E-state index >= 15 is 0 Å². The highest BCUT2D eigenvalue weighted by molar-refractivity contribution is 5.94. The number of amides is 1. The van der Waals surface area contributed by atoms with Crippen molar-refractivity contribution in [3.05, 3.63) is 36.5 Å². The smallest absolute Gasteiger partial charge is 0.338 e. The van der Waals surface area contributed by atoms with E-state index in [9.17, 15) is 18.0 Å². The Hall–Kier alpha value is -2.45. The molecule has 0 saturated carbocycles. The number of pyridine rings is 1. The summed E-state index contributed by atoms with van der Waals surface area (Å²) in [5.74, 6) is -1.50. The Morgan fingerprint density at radius 1 is 1.35 bits per heavy atom. The SMILES string of the molecule is O=C(c1ccnc(-n2cncn2)c1)N1CCC[C@@H](C(F)(F)F)C1. The Kier molecular flexibility index (Phi) is 4.01. The first kappa shape index (κ1) is 15.4. The topological polar surface area (TPSA) is 63.9 Å². The first-order chi connectivity index (χ1) is 10.9. The van der Waals surface area contributed by atoms with Crippen LogP contribution in [0.5, 0.6) is 0 Å². The summed E-state index contributed by atoms with van der Waals surface area (Å²) in [5, 5.41) is 3.91. The highest BCUT2D eigenvalue weighted by atomic mass is 19.4. The van der Waals surface area contributed by atoms with Crippen molar-refractivity contribution < 1.29 is 18.0 Å². The Bertz CT molecular complexity index is 686. The molecule has 0 unspecified atom stereocenters. The van der Waals surface area contributed by atoms with Gasteiger partial charge in [0.2, 0.25) is 0 Å². The molecule has 0 spiro atoms. The molecule has 1 aliphatic heterocycles. The van der Waals surface area contributed by atoms with Crippen LogP contribution in [0, 0.1) is 5.92 Å². The van der Waals surface area contributed by atoms with Crippen molar-refractivity contribution in [2.45, 2.75) is 19.0 Å². The summed E-state index contributed by atoms with van der Waals surface area (Å²) in [7, 11) is 0. The number of carbonyl (C=O) groups excluding carboxylic acids is 1. The summed E-state index contributed by atoms with van der Waals surface area (Å²) < 4.78 is 40.0. The summed E-state index contributed by atoms with van der Waals surface area (Å²) >= 11 is 0. The van der Waals surface area contributed by atoms with Crippen molar-refractivity contribution in [3.63, 3.8) is 0 Å². The number of likely N-dealkylation sites (tertiary alicyclic amines) is 1. The maximum atomic E-state index is 12.9. The van der Waals surface area contributed by atoms with E-state index in [1.165, 1.54) is 40.6 Å². The van der Waals surface area contributed by atoms with Gasteiger partial charge in [-0.05, 0) is 25.0 Å². The zero-order valence-corrected chi connectivity index (χ0v) is 12.1. The molecule has 0 N–H and O–H groups in total. The second-order valence-electron chi connectivity index (χ2n) is 5.37. The van der Waals surface area contributed by atoms with Crippen molar-refractivity contribution in [3.8, 4) is 5.82 Å². The maximum Gasteiger partial charge on any atom is 0.393 e. The van der Waals surface area contributed by atoms with Crippen molar-refractivity contribution in [2.24, 2.45) is 5.92 Å². The molecule has 1 saturated heterocycles. The average molecular weight is 325 g/mol. The van der Waals surface area contributed by atoms with Gasteiger partial charge in [-0.15, -0.1) is 0 Å². The van der Waals surface area contributed by atoms with Crippen molar-refractivity contribution >= 4 is 5.91 Å². The number of piperidine rings is 1. The quantitative estimate of drug-likeness (QED) is 0.848. The largest absolute Gasteiger partial charge is 0.393 e. The van der Waals surface area contributed by atoms with Gasteiger partial charge in [0.15, 0.2) is 5.82 Å². The van der Waals surface area contributed by atoms with E-state index in [-0.39, 0.29) is 18.5 Å². The molecule has 0 aliphatic carbocycles. The maximum absolute atomic E-state index is 12.9. The molecule has 1 fully saturated rings. The fraction of sp³-hybridized carbons (Fsp3) is 0.429. The number of hydrogen-bond donors (Lipinski definition) is 0. The van der Waals surface area contributed by atoms with Gasteiger partial charge >= 0.3 is 6.18 Å². The molecule has 23 heavy (non-hydrogen) atoms. The Balaban J connectivity index is 1.79. The number of aromatic nitrogens is 4. The number of alkyl halides is 3. The lowest BCUT2D eigenvalue weighted by atomic mass is 9.97. The lowest BCUT2D eigenvalue weighted by Gasteiger charge is -2.33. The molecule has 1 aliphatic rings. The van der Waals surface area contributed by atoms with Crippen LogP contribution < -0.4 is 0 Å². The lowest BCUT2D eigenvalue weighted by molar-refractivity contribution is -0.184. The van der Waals surface area contributed by atoms with Crippen LogP contribution in [0.4, 0.5) is 13.2 Å². The van der Waals surface area contributed by atoms with Gasteiger partial charge < -0.3 is 4.90 Å². The number of hydrogen-bond acceptors (Lipinski definition) is 4. The zero-order valence-electron chi connectivity index (χ0n) is 12.1. The zero-order chi connectivity index (χ0) is 16.4. The molecule has 6 nitrogen and oxygen atoms in total. The van der Waals surface area contributed by atoms with Gasteiger partial charge in [-0.1, -0.05) is 0 Å². The summed E-state index contributed by atoms with van der Waals surface area (Å²) in [6.07, 6.45) is 0.315. The Labute approximate surface area is 130 Å². The molecule has 3 rings (SSSR count). The minimum absolute atomic E-state index is 0.0633. The lowest BCUT2D eigenvalue weighted by Crippen LogP contribution is -2.44. The third-order valence-electron chi connectivity index (χ3n) is 3.82. The molecule has 1 amide bonds. The van der Waals surface area contributed by atoms with Gasteiger partial charge in [0, 0.05) is 24.8 Å². The molecule has 122 valence electrons. The monoisotopic (exact) mass is 325 g/mol. The second-order valence-corrected chi connectivity index (χ2v) is 5.37. The van der Waals surface area contributed by atoms with E-state index in [0.717, 1.165) is 0 Å². The summed E-state index contributed by atoms with van der Waals surface area (Å²) in [4.78, 5) is 21.6. The van der Waals surface area contributed by atoms with Crippen LogP contribution in [-0.4, -0.2) is 49.8 Å². The first-order valence-electron chi connectivity index (χ1n) is 7.12.